The Bertz CT molecular complexity index is 812. The number of halogens is 2. The van der Waals surface area contributed by atoms with Crippen LogP contribution < -0.4 is 15.1 Å². The van der Waals surface area contributed by atoms with Crippen LogP contribution in [0, 0.1) is 11.6 Å². The quantitative estimate of drug-likeness (QED) is 0.765. The van der Waals surface area contributed by atoms with Crippen molar-refractivity contribution in [3.05, 3.63) is 48.5 Å². The molecule has 144 valence electrons. The fraction of sp³-hybridized carbons (Fsp3) is 0.333. The summed E-state index contributed by atoms with van der Waals surface area (Å²) in [7, 11) is 1.44. The van der Waals surface area contributed by atoms with E-state index in [4.69, 9.17) is 9.47 Å². The van der Waals surface area contributed by atoms with Gasteiger partial charge in [-0.3, -0.25) is 9.69 Å². The van der Waals surface area contributed by atoms with Crippen molar-refractivity contribution >= 4 is 23.3 Å². The Kier molecular flexibility index (Phi) is 5.29. The zero-order valence-electron chi connectivity index (χ0n) is 14.7. The topological polar surface area (TPSA) is 71.1 Å². The van der Waals surface area contributed by atoms with Crippen LogP contribution in [0.1, 0.15) is 6.42 Å². The Morgan fingerprint density at radius 2 is 2.04 bits per heavy atom. The zero-order valence-corrected chi connectivity index (χ0v) is 14.7. The third kappa shape index (κ3) is 3.86. The summed E-state index contributed by atoms with van der Waals surface area (Å²) in [6.07, 6.45) is 1.62. The highest BCUT2D eigenvalue weighted by molar-refractivity contribution is 5.92. The van der Waals surface area contributed by atoms with E-state index in [-0.39, 0.29) is 43.2 Å². The van der Waals surface area contributed by atoms with Gasteiger partial charge in [-0.05, 0) is 24.8 Å². The molecule has 1 fully saturated rings. The van der Waals surface area contributed by atoms with Gasteiger partial charge >= 0.3 is 6.09 Å². The second-order valence-electron chi connectivity index (χ2n) is 6.08. The van der Waals surface area contributed by atoms with Gasteiger partial charge in [0.25, 0.3) is 0 Å². The van der Waals surface area contributed by atoms with Gasteiger partial charge in [0.05, 0.1) is 31.6 Å². The minimum Gasteiger partial charge on any atom is -0.483 e. The molecule has 1 saturated heterocycles. The Balaban J connectivity index is 1.76. The summed E-state index contributed by atoms with van der Waals surface area (Å²) < 4.78 is 39.2. The van der Waals surface area contributed by atoms with E-state index in [0.717, 1.165) is 4.90 Å². The van der Waals surface area contributed by atoms with Crippen LogP contribution in [0.25, 0.3) is 0 Å². The number of amides is 1. The predicted molar refractivity (Wildman–Crippen MR) is 94.2 cm³/mol. The van der Waals surface area contributed by atoms with Gasteiger partial charge in [-0.2, -0.15) is 0 Å². The van der Waals surface area contributed by atoms with Crippen LogP contribution in [-0.2, 0) is 14.3 Å². The minimum absolute atomic E-state index is 0.00201. The molecular formula is C18H19F2N3O4. The highest BCUT2D eigenvalue weighted by atomic mass is 19.2. The lowest BCUT2D eigenvalue weighted by molar-refractivity contribution is -0.114. The molecule has 1 amide bonds. The fourth-order valence-corrected chi connectivity index (χ4v) is 2.85. The molecule has 0 bridgehead atoms. The predicted octanol–water partition coefficient (Wildman–Crippen LogP) is 2.29. The first-order valence-corrected chi connectivity index (χ1v) is 8.31. The van der Waals surface area contributed by atoms with Gasteiger partial charge < -0.3 is 19.7 Å². The van der Waals surface area contributed by atoms with Crippen molar-refractivity contribution in [3.8, 4) is 0 Å². The van der Waals surface area contributed by atoms with Crippen molar-refractivity contribution in [3.63, 3.8) is 0 Å². The molecule has 0 radical (unpaired) electrons. The number of hydrogen-bond acceptors (Lipinski definition) is 6. The van der Waals surface area contributed by atoms with Gasteiger partial charge in [-0.15, -0.1) is 0 Å². The number of ketones is 1. The van der Waals surface area contributed by atoms with E-state index in [9.17, 15) is 18.4 Å². The van der Waals surface area contributed by atoms with Crippen LogP contribution >= 0.6 is 0 Å². The number of nitrogens with zero attached hydrogens (tertiary/aromatic N) is 2. The highest BCUT2D eigenvalue weighted by Gasteiger charge is 2.35. The Labute approximate surface area is 154 Å². The van der Waals surface area contributed by atoms with E-state index >= 15 is 0 Å². The molecule has 7 nitrogen and oxygen atoms in total. The number of ether oxygens (including phenoxy) is 2. The van der Waals surface area contributed by atoms with Gasteiger partial charge in [0.1, 0.15) is 6.10 Å². The lowest BCUT2D eigenvalue weighted by Crippen LogP contribution is -2.31. The molecule has 0 saturated carbocycles. The van der Waals surface area contributed by atoms with E-state index in [2.05, 4.69) is 11.9 Å². The van der Waals surface area contributed by atoms with Gasteiger partial charge in [0, 0.05) is 19.2 Å². The lowest BCUT2D eigenvalue weighted by Gasteiger charge is -2.24. The van der Waals surface area contributed by atoms with E-state index in [1.54, 1.807) is 0 Å². The molecule has 1 atom stereocenters. The maximum absolute atomic E-state index is 14.6. The number of rotatable bonds is 6. The van der Waals surface area contributed by atoms with Crippen LogP contribution in [0.5, 0.6) is 0 Å². The smallest absolute Gasteiger partial charge is 0.414 e. The van der Waals surface area contributed by atoms with Gasteiger partial charge in [0.2, 0.25) is 0 Å². The second kappa shape index (κ2) is 7.65. The molecule has 0 spiro atoms. The molecule has 0 aromatic heterocycles. The molecule has 1 unspecified atom stereocenters. The van der Waals surface area contributed by atoms with Gasteiger partial charge in [0.15, 0.2) is 23.3 Å². The average Bonchev–Trinajstić information content (AvgIpc) is 3.03. The summed E-state index contributed by atoms with van der Waals surface area (Å²) in [6, 6.07) is 2.70. The van der Waals surface area contributed by atoms with Crippen LogP contribution in [0.4, 0.5) is 25.0 Å². The number of allylic oxidation sites excluding steroid dienone is 1. The molecule has 1 aromatic carbocycles. The number of hydrogen-bond donors (Lipinski definition) is 1. The largest absolute Gasteiger partial charge is 0.483 e. The van der Waals surface area contributed by atoms with Crippen LogP contribution in [0.2, 0.25) is 0 Å². The minimum atomic E-state index is -1.15. The summed E-state index contributed by atoms with van der Waals surface area (Å²) in [5.41, 5.74) is -0.200. The van der Waals surface area contributed by atoms with Crippen LogP contribution in [-0.4, -0.2) is 44.7 Å². The first-order chi connectivity index (χ1) is 12.9. The van der Waals surface area contributed by atoms with Crippen molar-refractivity contribution < 1.29 is 27.8 Å². The summed E-state index contributed by atoms with van der Waals surface area (Å²) >= 11 is 0. The first-order valence-electron chi connectivity index (χ1n) is 8.31. The Morgan fingerprint density at radius 3 is 2.70 bits per heavy atom. The first kappa shape index (κ1) is 18.7. The number of cyclic esters (lactones) is 1. The molecule has 0 aliphatic carbocycles. The SMILES string of the molecule is C=C(NCC1CN(c2ccc(N3C=CC(=O)CC3)c(F)c2F)C(=O)O1)OC. The van der Waals surface area contributed by atoms with E-state index in [1.165, 1.54) is 36.4 Å². The normalized spacial score (nSPS) is 19.3. The molecule has 2 heterocycles. The molecule has 2 aliphatic heterocycles. The molecule has 9 heteroatoms. The van der Waals surface area contributed by atoms with Crippen molar-refractivity contribution in [1.82, 2.24) is 5.32 Å². The standard InChI is InChI=1S/C18H19F2N3O4/c1-11(26-2)21-9-13-10-23(18(25)27-13)15-4-3-14(16(19)17(15)20)22-7-5-12(24)6-8-22/h3-5,7,13,21H,1,6,8-10H2,2H3. The van der Waals surface area contributed by atoms with Crippen molar-refractivity contribution in [2.45, 2.75) is 12.5 Å². The number of methoxy groups -OCH3 is 1. The lowest BCUT2D eigenvalue weighted by atomic mass is 10.1. The van der Waals surface area contributed by atoms with Crippen LogP contribution in [0.3, 0.4) is 0 Å². The number of carbonyl (C=O) groups is 2. The molecular weight excluding hydrogens is 360 g/mol. The summed E-state index contributed by atoms with van der Waals surface area (Å²) in [6.45, 7) is 4.12. The second-order valence-corrected chi connectivity index (χ2v) is 6.08. The van der Waals surface area contributed by atoms with Crippen molar-refractivity contribution in [2.24, 2.45) is 0 Å². The number of nitrogens with one attached hydrogen (secondary N) is 1. The summed E-state index contributed by atoms with van der Waals surface area (Å²) in [4.78, 5) is 25.8. The summed E-state index contributed by atoms with van der Waals surface area (Å²) in [5.74, 6) is -2.00. The summed E-state index contributed by atoms with van der Waals surface area (Å²) in [5, 5.41) is 2.82. The Morgan fingerprint density at radius 1 is 1.33 bits per heavy atom. The van der Waals surface area contributed by atoms with E-state index in [0.29, 0.717) is 5.88 Å². The van der Waals surface area contributed by atoms with Gasteiger partial charge in [-0.1, -0.05) is 0 Å². The molecule has 27 heavy (non-hydrogen) atoms. The number of carbonyl (C=O) groups excluding carboxylic acids is 2. The fourth-order valence-electron chi connectivity index (χ4n) is 2.85. The van der Waals surface area contributed by atoms with E-state index in [1.807, 2.05) is 0 Å². The number of anilines is 2. The number of benzene rings is 1. The molecule has 3 rings (SSSR count). The van der Waals surface area contributed by atoms with Crippen molar-refractivity contribution in [2.75, 3.05) is 36.5 Å². The highest BCUT2D eigenvalue weighted by Crippen LogP contribution is 2.32. The van der Waals surface area contributed by atoms with Crippen LogP contribution in [0.15, 0.2) is 36.9 Å². The third-order valence-electron chi connectivity index (χ3n) is 4.33. The van der Waals surface area contributed by atoms with E-state index < -0.39 is 23.8 Å². The average molecular weight is 379 g/mol. The maximum Gasteiger partial charge on any atom is 0.414 e. The Hall–Kier alpha value is -3.10. The van der Waals surface area contributed by atoms with Gasteiger partial charge in [-0.25, -0.2) is 13.6 Å². The molecule has 1 aromatic rings. The van der Waals surface area contributed by atoms with Crippen molar-refractivity contribution in [1.29, 1.82) is 0 Å². The maximum atomic E-state index is 14.6. The monoisotopic (exact) mass is 379 g/mol. The molecule has 2 aliphatic rings. The zero-order chi connectivity index (χ0) is 19.6. The third-order valence-corrected chi connectivity index (χ3v) is 4.33. The molecule has 1 N–H and O–H groups in total.